The molecular formula is C18H20N4O2. The first kappa shape index (κ1) is 16.1. The van der Waals surface area contributed by atoms with Crippen molar-refractivity contribution in [3.63, 3.8) is 0 Å². The van der Waals surface area contributed by atoms with Crippen LogP contribution < -0.4 is 5.32 Å². The summed E-state index contributed by atoms with van der Waals surface area (Å²) >= 11 is 0. The molecule has 0 aliphatic carbocycles. The van der Waals surface area contributed by atoms with Gasteiger partial charge in [-0.05, 0) is 25.5 Å². The van der Waals surface area contributed by atoms with Gasteiger partial charge in [0.2, 0.25) is 5.91 Å². The third kappa shape index (κ3) is 3.42. The number of hydrogen-bond acceptors (Lipinski definition) is 4. The third-order valence-electron chi connectivity index (χ3n) is 4.27. The van der Waals surface area contributed by atoms with E-state index in [0.29, 0.717) is 23.6 Å². The van der Waals surface area contributed by atoms with Crippen LogP contribution in [0.2, 0.25) is 0 Å². The van der Waals surface area contributed by atoms with Crippen molar-refractivity contribution in [3.05, 3.63) is 53.6 Å². The minimum atomic E-state index is -0.220. The zero-order valence-corrected chi connectivity index (χ0v) is 13.8. The standard InChI is InChI=1S/C18H20N4O2/c1-12-16(18(24)21-15-6-4-3-5-7-15)10-19-17(20-12)14-8-9-22(11-14)13(2)23/h3-7,10,14H,8-9,11H2,1-2H3,(H,21,24)/t14-/m1/s1. The second-order valence-corrected chi connectivity index (χ2v) is 6.00. The highest BCUT2D eigenvalue weighted by molar-refractivity contribution is 6.04. The fraction of sp³-hybridized carbons (Fsp3) is 0.333. The Bertz CT molecular complexity index is 761. The van der Waals surface area contributed by atoms with Crippen molar-refractivity contribution in [3.8, 4) is 0 Å². The SMILES string of the molecule is CC(=O)N1CC[C@@H](c2ncc(C(=O)Nc3ccccc3)c(C)n2)C1. The van der Waals surface area contributed by atoms with Gasteiger partial charge in [-0.25, -0.2) is 9.97 Å². The summed E-state index contributed by atoms with van der Waals surface area (Å²) in [6.07, 6.45) is 2.43. The molecule has 1 fully saturated rings. The number of aromatic nitrogens is 2. The fourth-order valence-corrected chi connectivity index (χ4v) is 2.88. The Morgan fingerprint density at radius 2 is 2.00 bits per heavy atom. The molecule has 0 spiro atoms. The summed E-state index contributed by atoms with van der Waals surface area (Å²) in [5, 5.41) is 2.84. The van der Waals surface area contributed by atoms with Gasteiger partial charge in [0, 0.05) is 37.8 Å². The molecule has 1 aromatic carbocycles. The van der Waals surface area contributed by atoms with E-state index in [2.05, 4.69) is 15.3 Å². The van der Waals surface area contributed by atoms with Gasteiger partial charge in [-0.15, -0.1) is 0 Å². The smallest absolute Gasteiger partial charge is 0.259 e. The van der Waals surface area contributed by atoms with E-state index >= 15 is 0 Å². The minimum absolute atomic E-state index is 0.0769. The van der Waals surface area contributed by atoms with Crippen LogP contribution in [0.5, 0.6) is 0 Å². The number of carbonyl (C=O) groups excluding carboxylic acids is 2. The lowest BCUT2D eigenvalue weighted by Crippen LogP contribution is -2.25. The minimum Gasteiger partial charge on any atom is -0.342 e. The van der Waals surface area contributed by atoms with Crippen molar-refractivity contribution in [2.75, 3.05) is 18.4 Å². The Labute approximate surface area is 140 Å². The molecule has 0 unspecified atom stereocenters. The molecule has 1 aromatic heterocycles. The maximum absolute atomic E-state index is 12.4. The number of hydrogen-bond donors (Lipinski definition) is 1. The van der Waals surface area contributed by atoms with Crippen LogP contribution in [-0.2, 0) is 4.79 Å². The number of para-hydroxylation sites is 1. The number of nitrogens with one attached hydrogen (secondary N) is 1. The third-order valence-corrected chi connectivity index (χ3v) is 4.27. The van der Waals surface area contributed by atoms with Crippen LogP contribution >= 0.6 is 0 Å². The molecule has 0 radical (unpaired) electrons. The summed E-state index contributed by atoms with van der Waals surface area (Å²) in [6.45, 7) is 4.76. The van der Waals surface area contributed by atoms with Gasteiger partial charge in [0.15, 0.2) is 0 Å². The van der Waals surface area contributed by atoms with Crippen molar-refractivity contribution in [1.82, 2.24) is 14.9 Å². The molecule has 24 heavy (non-hydrogen) atoms. The number of amides is 2. The molecule has 1 saturated heterocycles. The van der Waals surface area contributed by atoms with Gasteiger partial charge in [-0.2, -0.15) is 0 Å². The summed E-state index contributed by atoms with van der Waals surface area (Å²) in [5.41, 5.74) is 1.84. The lowest BCUT2D eigenvalue weighted by atomic mass is 10.1. The highest BCUT2D eigenvalue weighted by atomic mass is 16.2. The molecule has 6 heteroatoms. The summed E-state index contributed by atoms with van der Waals surface area (Å²) in [4.78, 5) is 34.5. The average molecular weight is 324 g/mol. The summed E-state index contributed by atoms with van der Waals surface area (Å²) < 4.78 is 0. The predicted molar refractivity (Wildman–Crippen MR) is 90.8 cm³/mol. The van der Waals surface area contributed by atoms with Gasteiger partial charge in [-0.1, -0.05) is 18.2 Å². The second-order valence-electron chi connectivity index (χ2n) is 6.00. The number of benzene rings is 1. The van der Waals surface area contributed by atoms with Crippen LogP contribution in [0.1, 0.15) is 41.1 Å². The van der Waals surface area contributed by atoms with Crippen LogP contribution in [0.3, 0.4) is 0 Å². The molecule has 1 aliphatic rings. The van der Waals surface area contributed by atoms with E-state index in [4.69, 9.17) is 0 Å². The van der Waals surface area contributed by atoms with E-state index in [1.807, 2.05) is 37.3 Å². The molecule has 3 rings (SSSR count). The number of nitrogens with zero attached hydrogens (tertiary/aromatic N) is 3. The molecule has 1 aliphatic heterocycles. The van der Waals surface area contributed by atoms with Gasteiger partial charge >= 0.3 is 0 Å². The molecule has 1 N–H and O–H groups in total. The Hall–Kier alpha value is -2.76. The van der Waals surface area contributed by atoms with Gasteiger partial charge in [0.25, 0.3) is 5.91 Å². The zero-order chi connectivity index (χ0) is 17.1. The molecule has 6 nitrogen and oxygen atoms in total. The highest BCUT2D eigenvalue weighted by Crippen LogP contribution is 2.25. The van der Waals surface area contributed by atoms with Crippen molar-refractivity contribution < 1.29 is 9.59 Å². The largest absolute Gasteiger partial charge is 0.342 e. The lowest BCUT2D eigenvalue weighted by Gasteiger charge is -2.14. The number of rotatable bonds is 3. The molecule has 1 atom stereocenters. The number of aryl methyl sites for hydroxylation is 1. The van der Waals surface area contributed by atoms with Crippen molar-refractivity contribution in [1.29, 1.82) is 0 Å². The molecule has 2 aromatic rings. The summed E-state index contributed by atoms with van der Waals surface area (Å²) in [7, 11) is 0. The quantitative estimate of drug-likeness (QED) is 0.940. The van der Waals surface area contributed by atoms with E-state index < -0.39 is 0 Å². The van der Waals surface area contributed by atoms with E-state index in [1.165, 1.54) is 0 Å². The topological polar surface area (TPSA) is 75.2 Å². The first-order chi connectivity index (χ1) is 11.5. The van der Waals surface area contributed by atoms with Gasteiger partial charge < -0.3 is 10.2 Å². The molecule has 0 saturated carbocycles. The first-order valence-electron chi connectivity index (χ1n) is 8.00. The predicted octanol–water partition coefficient (Wildman–Crippen LogP) is 2.37. The maximum Gasteiger partial charge on any atom is 0.259 e. The van der Waals surface area contributed by atoms with E-state index in [-0.39, 0.29) is 17.7 Å². The molecule has 2 heterocycles. The van der Waals surface area contributed by atoms with Crippen LogP contribution in [0.4, 0.5) is 5.69 Å². The Morgan fingerprint density at radius 3 is 2.62 bits per heavy atom. The number of carbonyl (C=O) groups is 2. The van der Waals surface area contributed by atoms with Gasteiger partial charge in [-0.3, -0.25) is 9.59 Å². The highest BCUT2D eigenvalue weighted by Gasteiger charge is 2.28. The van der Waals surface area contributed by atoms with Crippen LogP contribution in [0, 0.1) is 6.92 Å². The molecule has 124 valence electrons. The zero-order valence-electron chi connectivity index (χ0n) is 13.8. The van der Waals surface area contributed by atoms with Crippen LogP contribution in [-0.4, -0.2) is 39.8 Å². The Balaban J connectivity index is 1.73. The average Bonchev–Trinajstić information content (AvgIpc) is 3.06. The van der Waals surface area contributed by atoms with Gasteiger partial charge in [0.05, 0.1) is 11.3 Å². The summed E-state index contributed by atoms with van der Waals surface area (Å²) in [5.74, 6) is 0.696. The van der Waals surface area contributed by atoms with E-state index in [9.17, 15) is 9.59 Å². The lowest BCUT2D eigenvalue weighted by molar-refractivity contribution is -0.127. The van der Waals surface area contributed by atoms with Gasteiger partial charge in [0.1, 0.15) is 5.82 Å². The monoisotopic (exact) mass is 324 g/mol. The molecule has 2 amide bonds. The Kier molecular flexibility index (Phi) is 4.55. The van der Waals surface area contributed by atoms with E-state index in [0.717, 1.165) is 18.7 Å². The maximum atomic E-state index is 12.4. The molecule has 0 bridgehead atoms. The fourth-order valence-electron chi connectivity index (χ4n) is 2.88. The molecular weight excluding hydrogens is 304 g/mol. The van der Waals surface area contributed by atoms with Crippen LogP contribution in [0.25, 0.3) is 0 Å². The van der Waals surface area contributed by atoms with Crippen LogP contribution in [0.15, 0.2) is 36.5 Å². The first-order valence-corrected chi connectivity index (χ1v) is 8.00. The summed E-state index contributed by atoms with van der Waals surface area (Å²) in [6, 6.07) is 9.28. The van der Waals surface area contributed by atoms with Crippen molar-refractivity contribution in [2.24, 2.45) is 0 Å². The second kappa shape index (κ2) is 6.78. The van der Waals surface area contributed by atoms with Crippen molar-refractivity contribution in [2.45, 2.75) is 26.2 Å². The van der Waals surface area contributed by atoms with E-state index in [1.54, 1.807) is 18.0 Å². The Morgan fingerprint density at radius 1 is 1.25 bits per heavy atom. The normalized spacial score (nSPS) is 16.9. The van der Waals surface area contributed by atoms with Crippen molar-refractivity contribution >= 4 is 17.5 Å². The number of likely N-dealkylation sites (tertiary alicyclic amines) is 1. The number of anilines is 1.